The molecule has 0 saturated heterocycles. The number of ether oxygens (including phenoxy) is 2. The van der Waals surface area contributed by atoms with E-state index in [0.717, 1.165) is 26.1 Å². The van der Waals surface area contributed by atoms with Crippen molar-refractivity contribution in [3.05, 3.63) is 12.1 Å². The topological polar surface area (TPSA) is 31.4 Å². The van der Waals surface area contributed by atoms with Crippen molar-refractivity contribution in [2.45, 2.75) is 0 Å². The van der Waals surface area contributed by atoms with Crippen LogP contribution in [0.1, 0.15) is 0 Å². The second-order valence-electron chi connectivity index (χ2n) is 1.95. The van der Waals surface area contributed by atoms with E-state index in [4.69, 9.17) is 9.47 Å². The number of hydrogen-bond donors (Lipinski definition) is 0. The standard InChI is InChI=1S/C7H8NO2.Sn.H/c1-9-6-4-3-5-7(8-6)10-2;;/h3-4H,1-2H3;;. The Morgan fingerprint density at radius 3 is 2.55 bits per heavy atom. The van der Waals surface area contributed by atoms with Crippen LogP contribution in [0.3, 0.4) is 0 Å². The van der Waals surface area contributed by atoms with Gasteiger partial charge in [0, 0.05) is 0 Å². The fourth-order valence-corrected chi connectivity index (χ4v) is 1.51. The number of methoxy groups -OCH3 is 2. The van der Waals surface area contributed by atoms with Crippen LogP contribution < -0.4 is 13.1 Å². The van der Waals surface area contributed by atoms with Crippen LogP contribution in [0.5, 0.6) is 11.8 Å². The Morgan fingerprint density at radius 2 is 2.00 bits per heavy atom. The van der Waals surface area contributed by atoms with Crippen molar-refractivity contribution in [1.82, 2.24) is 4.98 Å². The summed E-state index contributed by atoms with van der Waals surface area (Å²) < 4.78 is 11.1. The van der Waals surface area contributed by atoms with E-state index < -0.39 is 0 Å². The van der Waals surface area contributed by atoms with Crippen molar-refractivity contribution in [2.75, 3.05) is 14.2 Å². The second kappa shape index (κ2) is 3.80. The number of nitrogens with zero attached hydrogens (tertiary/aromatic N) is 1. The molecule has 1 heterocycles. The van der Waals surface area contributed by atoms with Crippen LogP contribution in [-0.2, 0) is 0 Å². The first-order valence-corrected chi connectivity index (χ1v) is 4.77. The molecule has 1 aromatic heterocycles. The molecule has 0 spiro atoms. The molecule has 2 radical (unpaired) electrons. The average molecular weight is 258 g/mol. The van der Waals surface area contributed by atoms with Crippen molar-refractivity contribution < 1.29 is 9.47 Å². The van der Waals surface area contributed by atoms with Crippen LogP contribution in [0.4, 0.5) is 0 Å². The molecule has 0 atom stereocenters. The van der Waals surface area contributed by atoms with Crippen LogP contribution in [0.25, 0.3) is 0 Å². The fraction of sp³-hybridized carbons (Fsp3) is 0.286. The van der Waals surface area contributed by atoms with E-state index in [1.165, 1.54) is 0 Å². The number of pyridine rings is 1. The summed E-state index contributed by atoms with van der Waals surface area (Å²) in [7, 11) is 3.20. The Morgan fingerprint density at radius 1 is 1.27 bits per heavy atom. The van der Waals surface area contributed by atoms with E-state index in [2.05, 4.69) is 4.98 Å². The van der Waals surface area contributed by atoms with E-state index in [1.807, 2.05) is 12.1 Å². The molecule has 0 fully saturated rings. The molecular formula is C7H9NO2Sn. The van der Waals surface area contributed by atoms with Gasteiger partial charge in [-0.3, -0.25) is 0 Å². The molecule has 0 aliphatic heterocycles. The summed E-state index contributed by atoms with van der Waals surface area (Å²) in [6.45, 7) is 0. The van der Waals surface area contributed by atoms with E-state index in [1.54, 1.807) is 14.2 Å². The number of hydrogen-bond acceptors (Lipinski definition) is 3. The van der Waals surface area contributed by atoms with Gasteiger partial charge in [-0.25, -0.2) is 0 Å². The van der Waals surface area contributed by atoms with Crippen molar-refractivity contribution in [2.24, 2.45) is 0 Å². The zero-order valence-corrected chi connectivity index (χ0v) is 9.79. The van der Waals surface area contributed by atoms with Crippen LogP contribution >= 0.6 is 0 Å². The molecule has 11 heavy (non-hydrogen) atoms. The molecule has 58 valence electrons. The van der Waals surface area contributed by atoms with Crippen LogP contribution in [0.2, 0.25) is 0 Å². The van der Waals surface area contributed by atoms with E-state index in [-0.39, 0.29) is 0 Å². The molecule has 0 N–H and O–H groups in total. The van der Waals surface area contributed by atoms with Crippen LogP contribution in [-0.4, -0.2) is 41.7 Å². The second-order valence-corrected chi connectivity index (χ2v) is 3.73. The van der Waals surface area contributed by atoms with Gasteiger partial charge in [0.25, 0.3) is 0 Å². The third-order valence-electron chi connectivity index (χ3n) is 1.27. The predicted octanol–water partition coefficient (Wildman–Crippen LogP) is -0.375. The van der Waals surface area contributed by atoms with Gasteiger partial charge in [-0.05, 0) is 0 Å². The van der Waals surface area contributed by atoms with Gasteiger partial charge in [-0.15, -0.1) is 0 Å². The van der Waals surface area contributed by atoms with Gasteiger partial charge < -0.3 is 0 Å². The van der Waals surface area contributed by atoms with Crippen molar-refractivity contribution >= 4 is 26.1 Å². The van der Waals surface area contributed by atoms with Gasteiger partial charge >= 0.3 is 78.7 Å². The Labute approximate surface area is 78.8 Å². The normalized spacial score (nSPS) is 9.36. The van der Waals surface area contributed by atoms with E-state index in [0.29, 0.717) is 11.8 Å². The SMILES string of the molecule is COc1cc[c]([SnH])c(OC)n1. The minimum absolute atomic E-state index is 0.597. The first-order valence-electron chi connectivity index (χ1n) is 3.12. The Kier molecular flexibility index (Phi) is 2.99. The summed E-state index contributed by atoms with van der Waals surface area (Å²) in [5.41, 5.74) is 0. The Bertz CT molecular complexity index is 252. The number of rotatable bonds is 2. The Hall–Kier alpha value is -0.451. The molecule has 0 unspecified atom stereocenters. The zero-order chi connectivity index (χ0) is 8.27. The zero-order valence-electron chi connectivity index (χ0n) is 6.50. The summed E-state index contributed by atoms with van der Waals surface area (Å²) in [6.07, 6.45) is 0. The molecule has 0 aliphatic carbocycles. The summed E-state index contributed by atoms with van der Waals surface area (Å²) in [5, 5.41) is 0. The predicted molar refractivity (Wildman–Crippen MR) is 44.1 cm³/mol. The summed E-state index contributed by atoms with van der Waals surface area (Å²) in [4.78, 5) is 4.10. The first-order chi connectivity index (χ1) is 5.27. The van der Waals surface area contributed by atoms with Gasteiger partial charge in [-0.2, -0.15) is 0 Å². The van der Waals surface area contributed by atoms with Gasteiger partial charge in [0.05, 0.1) is 0 Å². The molecular weight excluding hydrogens is 249 g/mol. The fourth-order valence-electron chi connectivity index (χ4n) is 0.711. The maximum atomic E-state index is 5.03. The average Bonchev–Trinajstić information content (AvgIpc) is 2.05. The van der Waals surface area contributed by atoms with Gasteiger partial charge in [0.15, 0.2) is 0 Å². The van der Waals surface area contributed by atoms with Crippen molar-refractivity contribution in [1.29, 1.82) is 0 Å². The van der Waals surface area contributed by atoms with E-state index >= 15 is 0 Å². The quantitative estimate of drug-likeness (QED) is 0.678. The molecule has 0 bridgehead atoms. The molecule has 1 aromatic rings. The van der Waals surface area contributed by atoms with E-state index in [9.17, 15) is 0 Å². The maximum absolute atomic E-state index is 5.03. The van der Waals surface area contributed by atoms with Crippen molar-refractivity contribution in [3.8, 4) is 11.8 Å². The molecule has 0 aliphatic rings. The van der Waals surface area contributed by atoms with Gasteiger partial charge in [0.1, 0.15) is 0 Å². The van der Waals surface area contributed by atoms with Gasteiger partial charge in [0.2, 0.25) is 0 Å². The minimum atomic E-state index is 0.597. The third kappa shape index (κ3) is 1.99. The summed E-state index contributed by atoms with van der Waals surface area (Å²) in [6, 6.07) is 3.80. The molecule has 0 aromatic carbocycles. The molecule has 1 rings (SSSR count). The van der Waals surface area contributed by atoms with Gasteiger partial charge in [-0.1, -0.05) is 0 Å². The summed E-state index contributed by atoms with van der Waals surface area (Å²) >= 11 is 1.01. The Balaban J connectivity index is 3.02. The summed E-state index contributed by atoms with van der Waals surface area (Å²) in [5.74, 6) is 1.27. The first kappa shape index (κ1) is 8.64. The van der Waals surface area contributed by atoms with Crippen LogP contribution in [0, 0.1) is 0 Å². The molecule has 0 amide bonds. The molecule has 4 heteroatoms. The van der Waals surface area contributed by atoms with Crippen molar-refractivity contribution in [3.63, 3.8) is 0 Å². The molecule has 3 nitrogen and oxygen atoms in total. The monoisotopic (exact) mass is 259 g/mol. The number of aromatic nitrogens is 1. The third-order valence-corrected chi connectivity index (χ3v) is 2.52. The van der Waals surface area contributed by atoms with Crippen LogP contribution in [0.15, 0.2) is 12.1 Å². The molecule has 0 saturated carbocycles.